The maximum Gasteiger partial charge on any atom is 0.0786 e. The van der Waals surface area contributed by atoms with Crippen LogP contribution in [0.3, 0.4) is 0 Å². The van der Waals surface area contributed by atoms with Crippen LogP contribution in [0.1, 0.15) is 0 Å². The van der Waals surface area contributed by atoms with Crippen molar-refractivity contribution in [2.45, 2.75) is 0 Å². The van der Waals surface area contributed by atoms with Crippen molar-refractivity contribution in [2.75, 3.05) is 0 Å². The van der Waals surface area contributed by atoms with E-state index in [1.54, 1.807) is 0 Å². The van der Waals surface area contributed by atoms with Crippen LogP contribution in [-0.2, 0) is 0 Å². The number of rotatable bonds is 2. The van der Waals surface area contributed by atoms with Crippen LogP contribution in [0.4, 0.5) is 0 Å². The topological polar surface area (TPSA) is 25.8 Å². The predicted octanol–water partition coefficient (Wildman–Crippen LogP) is 11.9. The summed E-state index contributed by atoms with van der Waals surface area (Å²) < 4.78 is 0. The van der Waals surface area contributed by atoms with Crippen molar-refractivity contribution in [3.05, 3.63) is 158 Å². The molecule has 2 heterocycles. The van der Waals surface area contributed by atoms with E-state index >= 15 is 0 Å². The van der Waals surface area contributed by atoms with Gasteiger partial charge in [-0.1, -0.05) is 109 Å². The lowest BCUT2D eigenvalue weighted by Gasteiger charge is -2.19. The van der Waals surface area contributed by atoms with Crippen LogP contribution in [-0.4, -0.2) is 9.97 Å². The third-order valence-electron chi connectivity index (χ3n) is 9.63. The highest BCUT2D eigenvalue weighted by Crippen LogP contribution is 2.46. The Hall–Kier alpha value is -6.12. The monoisotopic (exact) mass is 582 g/mol. The lowest BCUT2D eigenvalue weighted by Crippen LogP contribution is -1.93. The van der Waals surface area contributed by atoms with Gasteiger partial charge in [0.25, 0.3) is 0 Å². The summed E-state index contributed by atoms with van der Waals surface area (Å²) >= 11 is 0. The molecule has 0 radical (unpaired) electrons. The summed E-state index contributed by atoms with van der Waals surface area (Å²) in [6.07, 6.45) is 3.82. The molecular weight excluding hydrogens is 556 g/mol. The van der Waals surface area contributed by atoms with E-state index in [0.29, 0.717) is 0 Å². The molecular formula is C44H26N2. The van der Waals surface area contributed by atoms with Crippen molar-refractivity contribution in [3.8, 4) is 22.3 Å². The molecule has 0 saturated heterocycles. The molecule has 10 rings (SSSR count). The molecule has 0 spiro atoms. The van der Waals surface area contributed by atoms with Crippen molar-refractivity contribution in [3.63, 3.8) is 0 Å². The summed E-state index contributed by atoms with van der Waals surface area (Å²) in [7, 11) is 0. The zero-order valence-corrected chi connectivity index (χ0v) is 24.9. The molecule has 0 amide bonds. The minimum absolute atomic E-state index is 1.02. The second-order valence-corrected chi connectivity index (χ2v) is 12.1. The van der Waals surface area contributed by atoms with Crippen molar-refractivity contribution >= 4 is 75.7 Å². The van der Waals surface area contributed by atoms with E-state index in [4.69, 9.17) is 9.97 Å². The second-order valence-electron chi connectivity index (χ2n) is 12.1. The number of nitrogens with zero attached hydrogens (tertiary/aromatic N) is 2. The first kappa shape index (κ1) is 25.2. The van der Waals surface area contributed by atoms with E-state index in [0.717, 1.165) is 21.8 Å². The van der Waals surface area contributed by atoms with E-state index in [1.807, 2.05) is 24.5 Å². The SMILES string of the molecule is c1ccc2c(-c3cc4cc(-c5c6ccccc6cc6cccnc56)c5ccccc5c4c4ccccc34)c3ncccc3cc2c1. The third-order valence-corrected chi connectivity index (χ3v) is 9.63. The molecule has 0 fully saturated rings. The summed E-state index contributed by atoms with van der Waals surface area (Å²) in [4.78, 5) is 9.94. The number of fused-ring (bicyclic) bond motifs is 9. The van der Waals surface area contributed by atoms with Gasteiger partial charge in [0.1, 0.15) is 0 Å². The van der Waals surface area contributed by atoms with Crippen LogP contribution in [0.15, 0.2) is 158 Å². The molecule has 0 aliphatic heterocycles. The molecule has 2 heteroatoms. The minimum atomic E-state index is 1.02. The lowest BCUT2D eigenvalue weighted by molar-refractivity contribution is 1.42. The normalized spacial score (nSPS) is 11.9. The van der Waals surface area contributed by atoms with Gasteiger partial charge >= 0.3 is 0 Å². The molecule has 2 aromatic heterocycles. The van der Waals surface area contributed by atoms with Gasteiger partial charge in [0.15, 0.2) is 0 Å². The fourth-order valence-electron chi connectivity index (χ4n) is 7.72. The Morgan fingerprint density at radius 3 is 1.17 bits per heavy atom. The fraction of sp³-hybridized carbons (Fsp3) is 0. The first-order chi connectivity index (χ1) is 22.8. The molecule has 0 unspecified atom stereocenters. The van der Waals surface area contributed by atoms with Crippen LogP contribution in [0.5, 0.6) is 0 Å². The third kappa shape index (κ3) is 3.59. The highest BCUT2D eigenvalue weighted by molar-refractivity contribution is 6.29. The van der Waals surface area contributed by atoms with Crippen molar-refractivity contribution in [1.29, 1.82) is 0 Å². The van der Waals surface area contributed by atoms with Gasteiger partial charge in [-0.15, -0.1) is 0 Å². The van der Waals surface area contributed by atoms with Gasteiger partial charge in [0.2, 0.25) is 0 Å². The highest BCUT2D eigenvalue weighted by Gasteiger charge is 2.20. The van der Waals surface area contributed by atoms with E-state index in [1.165, 1.54) is 76.1 Å². The maximum atomic E-state index is 4.97. The average Bonchev–Trinajstić information content (AvgIpc) is 3.12. The van der Waals surface area contributed by atoms with Gasteiger partial charge in [-0.25, -0.2) is 0 Å². The molecule has 0 aliphatic carbocycles. The molecule has 8 aromatic carbocycles. The van der Waals surface area contributed by atoms with Crippen LogP contribution < -0.4 is 0 Å². The largest absolute Gasteiger partial charge is 0.256 e. The van der Waals surface area contributed by atoms with Crippen molar-refractivity contribution in [2.24, 2.45) is 0 Å². The van der Waals surface area contributed by atoms with Gasteiger partial charge < -0.3 is 0 Å². The van der Waals surface area contributed by atoms with Crippen LogP contribution >= 0.6 is 0 Å². The fourth-order valence-corrected chi connectivity index (χ4v) is 7.72. The molecule has 0 bridgehead atoms. The van der Waals surface area contributed by atoms with E-state index in [-0.39, 0.29) is 0 Å². The smallest absolute Gasteiger partial charge is 0.0786 e. The van der Waals surface area contributed by atoms with Gasteiger partial charge in [-0.05, 0) is 101 Å². The van der Waals surface area contributed by atoms with Crippen molar-refractivity contribution < 1.29 is 0 Å². The molecule has 2 nitrogen and oxygen atoms in total. The Labute approximate surface area is 265 Å². The Morgan fingerprint density at radius 2 is 0.696 bits per heavy atom. The van der Waals surface area contributed by atoms with Crippen LogP contribution in [0.25, 0.3) is 97.9 Å². The summed E-state index contributed by atoms with van der Waals surface area (Å²) in [5.74, 6) is 0. The summed E-state index contributed by atoms with van der Waals surface area (Å²) in [5.41, 5.74) is 6.81. The Bertz CT molecular complexity index is 2560. The predicted molar refractivity (Wildman–Crippen MR) is 195 cm³/mol. The first-order valence-electron chi connectivity index (χ1n) is 15.7. The lowest BCUT2D eigenvalue weighted by atomic mass is 9.85. The average molecular weight is 583 g/mol. The maximum absolute atomic E-state index is 4.97. The first-order valence-corrected chi connectivity index (χ1v) is 15.7. The van der Waals surface area contributed by atoms with Gasteiger partial charge in [-0.3, -0.25) is 9.97 Å². The number of benzene rings is 8. The van der Waals surface area contributed by atoms with E-state index < -0.39 is 0 Å². The quantitative estimate of drug-likeness (QED) is 0.150. The summed E-state index contributed by atoms with van der Waals surface area (Å²) in [6, 6.07) is 52.9. The minimum Gasteiger partial charge on any atom is -0.256 e. The molecule has 0 saturated carbocycles. The molecule has 10 aromatic rings. The molecule has 0 N–H and O–H groups in total. The highest BCUT2D eigenvalue weighted by atomic mass is 14.7. The van der Waals surface area contributed by atoms with Crippen molar-refractivity contribution in [1.82, 2.24) is 9.97 Å². The molecule has 212 valence electrons. The number of pyridine rings is 2. The number of hydrogen-bond donors (Lipinski definition) is 0. The van der Waals surface area contributed by atoms with Crippen LogP contribution in [0, 0.1) is 0 Å². The van der Waals surface area contributed by atoms with E-state index in [9.17, 15) is 0 Å². The standard InChI is InChI=1S/C44H26N2/c1-3-15-32-27(11-1)23-29-13-9-21-45-43(29)41(32)38-25-31-26-39(35-18-6-8-20-37(35)40(31)36-19-7-5-17-34(36)38)42-33-16-4-2-12-28(33)24-30-14-10-22-46-44(30)42/h1-26H. The van der Waals surface area contributed by atoms with Gasteiger partial charge in [0, 0.05) is 34.3 Å². The summed E-state index contributed by atoms with van der Waals surface area (Å²) in [5, 5.41) is 14.6. The zero-order chi connectivity index (χ0) is 30.2. The molecule has 0 atom stereocenters. The Balaban J connectivity index is 1.42. The number of hydrogen-bond acceptors (Lipinski definition) is 2. The Kier molecular flexibility index (Phi) is 5.31. The van der Waals surface area contributed by atoms with Crippen LogP contribution in [0.2, 0.25) is 0 Å². The Morgan fingerprint density at radius 1 is 0.304 bits per heavy atom. The summed E-state index contributed by atoms with van der Waals surface area (Å²) in [6.45, 7) is 0. The van der Waals surface area contributed by atoms with Gasteiger partial charge in [-0.2, -0.15) is 0 Å². The zero-order valence-electron chi connectivity index (χ0n) is 24.9. The molecule has 46 heavy (non-hydrogen) atoms. The van der Waals surface area contributed by atoms with E-state index in [2.05, 4.69) is 133 Å². The number of aromatic nitrogens is 2. The molecule has 0 aliphatic rings. The second kappa shape index (κ2) is 9.69. The van der Waals surface area contributed by atoms with Gasteiger partial charge in [0.05, 0.1) is 11.0 Å².